The predicted octanol–water partition coefficient (Wildman–Crippen LogP) is 5.93. The van der Waals surface area contributed by atoms with Crippen LogP contribution in [0.2, 0.25) is 10.0 Å². The third-order valence-corrected chi connectivity index (χ3v) is 9.37. The fourth-order valence-electron chi connectivity index (χ4n) is 4.42. The van der Waals surface area contributed by atoms with Crippen molar-refractivity contribution in [2.45, 2.75) is 57.1 Å². The smallest absolute Gasteiger partial charge is 0.264 e. The SMILES string of the molecule is CC[C@@H](C)NC(=O)[C@@H](CC)N(Cc1ccc(Cl)cc1Cl)C(=O)CN(c1ccccc1)S(=O)(=O)c1ccc(OC)c(OC)c1. The number of nitrogens with one attached hydrogen (secondary N) is 1. The molecule has 0 heterocycles. The zero-order chi connectivity index (χ0) is 31.7. The Bertz CT molecular complexity index is 1520. The van der Waals surface area contributed by atoms with E-state index < -0.39 is 28.5 Å². The lowest BCUT2D eigenvalue weighted by Crippen LogP contribution is -2.53. The van der Waals surface area contributed by atoms with Crippen LogP contribution in [0.15, 0.2) is 71.6 Å². The zero-order valence-corrected chi connectivity index (χ0v) is 27.2. The van der Waals surface area contributed by atoms with Crippen molar-refractivity contribution in [3.05, 3.63) is 82.3 Å². The van der Waals surface area contributed by atoms with Gasteiger partial charge in [-0.15, -0.1) is 0 Å². The van der Waals surface area contributed by atoms with Crippen molar-refractivity contribution in [2.75, 3.05) is 25.1 Å². The Kier molecular flexibility index (Phi) is 12.1. The van der Waals surface area contributed by atoms with Crippen molar-refractivity contribution in [1.82, 2.24) is 10.2 Å². The highest BCUT2D eigenvalue weighted by atomic mass is 35.5. The number of methoxy groups -OCH3 is 2. The minimum atomic E-state index is -4.30. The molecule has 12 heteroatoms. The van der Waals surface area contributed by atoms with Crippen LogP contribution in [-0.4, -0.2) is 58.0 Å². The average Bonchev–Trinajstić information content (AvgIpc) is 3.00. The van der Waals surface area contributed by atoms with Gasteiger partial charge in [-0.05, 0) is 61.7 Å². The molecule has 0 saturated carbocycles. The van der Waals surface area contributed by atoms with Gasteiger partial charge < -0.3 is 19.7 Å². The summed E-state index contributed by atoms with van der Waals surface area (Å²) in [5.41, 5.74) is 0.829. The van der Waals surface area contributed by atoms with Crippen LogP contribution >= 0.6 is 23.2 Å². The summed E-state index contributed by atoms with van der Waals surface area (Å²) in [4.78, 5) is 28.9. The molecule has 1 N–H and O–H groups in total. The molecule has 0 bridgehead atoms. The van der Waals surface area contributed by atoms with E-state index in [4.69, 9.17) is 32.7 Å². The van der Waals surface area contributed by atoms with Gasteiger partial charge in [0, 0.05) is 28.7 Å². The summed E-state index contributed by atoms with van der Waals surface area (Å²) in [6.45, 7) is 4.98. The molecule has 2 amide bonds. The highest BCUT2D eigenvalue weighted by molar-refractivity contribution is 7.92. The molecule has 3 aromatic carbocycles. The molecule has 3 aromatic rings. The molecule has 0 aliphatic heterocycles. The number of carbonyl (C=O) groups excluding carboxylic acids is 2. The Morgan fingerprint density at radius 1 is 0.907 bits per heavy atom. The van der Waals surface area contributed by atoms with Crippen LogP contribution in [0.1, 0.15) is 39.2 Å². The summed E-state index contributed by atoms with van der Waals surface area (Å²) in [5, 5.41) is 3.69. The molecule has 0 aliphatic rings. The molecule has 3 rings (SSSR count). The van der Waals surface area contributed by atoms with Crippen molar-refractivity contribution < 1.29 is 27.5 Å². The van der Waals surface area contributed by atoms with Crippen molar-refractivity contribution in [3.8, 4) is 11.5 Å². The average molecular weight is 651 g/mol. The number of hydrogen-bond donors (Lipinski definition) is 1. The van der Waals surface area contributed by atoms with Crippen LogP contribution < -0.4 is 19.1 Å². The summed E-state index contributed by atoms with van der Waals surface area (Å²) < 4.78 is 39.8. The lowest BCUT2D eigenvalue weighted by Gasteiger charge is -2.34. The van der Waals surface area contributed by atoms with Crippen LogP contribution in [0.4, 0.5) is 5.69 Å². The van der Waals surface area contributed by atoms with Gasteiger partial charge in [0.1, 0.15) is 12.6 Å². The maximum Gasteiger partial charge on any atom is 0.264 e. The van der Waals surface area contributed by atoms with Gasteiger partial charge in [-0.3, -0.25) is 13.9 Å². The standard InChI is InChI=1S/C31H37Cl2N3O6S/c1-6-21(3)34-31(38)27(7-2)35(19-22-13-14-23(32)17-26(22)33)30(37)20-36(24-11-9-8-10-12-24)43(39,40)25-15-16-28(41-4)29(18-25)42-5/h8-18,21,27H,6-7,19-20H2,1-5H3,(H,34,38)/t21-,27-/m1/s1. The number of sulfonamides is 1. The number of benzene rings is 3. The number of rotatable bonds is 14. The quantitative estimate of drug-likeness (QED) is 0.232. The lowest BCUT2D eigenvalue weighted by molar-refractivity contribution is -0.140. The van der Waals surface area contributed by atoms with Crippen molar-refractivity contribution in [3.63, 3.8) is 0 Å². The Hall–Kier alpha value is -3.47. The molecule has 232 valence electrons. The number of carbonyl (C=O) groups is 2. The summed E-state index contributed by atoms with van der Waals surface area (Å²) in [5.74, 6) is -0.364. The number of ether oxygens (including phenoxy) is 2. The molecule has 0 saturated heterocycles. The first-order chi connectivity index (χ1) is 20.5. The number of hydrogen-bond acceptors (Lipinski definition) is 6. The van der Waals surface area contributed by atoms with Gasteiger partial charge in [-0.25, -0.2) is 8.42 Å². The molecular formula is C31H37Cl2N3O6S. The van der Waals surface area contributed by atoms with Crippen LogP contribution in [0.5, 0.6) is 11.5 Å². The van der Waals surface area contributed by atoms with Gasteiger partial charge in [0.05, 0.1) is 24.8 Å². The molecular weight excluding hydrogens is 613 g/mol. The predicted molar refractivity (Wildman–Crippen MR) is 170 cm³/mol. The van der Waals surface area contributed by atoms with Gasteiger partial charge in [0.15, 0.2) is 11.5 Å². The fraction of sp³-hybridized carbons (Fsp3) is 0.355. The maximum atomic E-state index is 14.2. The number of halogens is 2. The number of nitrogens with zero attached hydrogens (tertiary/aromatic N) is 2. The van der Waals surface area contributed by atoms with Crippen LogP contribution in [0.25, 0.3) is 0 Å². The summed E-state index contributed by atoms with van der Waals surface area (Å²) in [6, 6.07) is 16.4. The van der Waals surface area contributed by atoms with Crippen molar-refractivity contribution in [2.24, 2.45) is 0 Å². The van der Waals surface area contributed by atoms with Gasteiger partial charge in [0.2, 0.25) is 11.8 Å². The topological polar surface area (TPSA) is 105 Å². The van der Waals surface area contributed by atoms with E-state index in [1.54, 1.807) is 55.5 Å². The minimum Gasteiger partial charge on any atom is -0.493 e. The van der Waals surface area contributed by atoms with E-state index in [0.717, 1.165) is 4.31 Å². The first-order valence-electron chi connectivity index (χ1n) is 13.8. The van der Waals surface area contributed by atoms with Crippen LogP contribution in [-0.2, 0) is 26.2 Å². The third-order valence-electron chi connectivity index (χ3n) is 7.01. The molecule has 0 fully saturated rings. The maximum absolute atomic E-state index is 14.2. The normalized spacial score (nSPS) is 12.6. The van der Waals surface area contributed by atoms with Crippen molar-refractivity contribution in [1.29, 1.82) is 0 Å². The molecule has 0 spiro atoms. The van der Waals surface area contributed by atoms with E-state index in [1.807, 2.05) is 13.8 Å². The second-order valence-corrected chi connectivity index (χ2v) is 12.6. The Morgan fingerprint density at radius 3 is 2.16 bits per heavy atom. The van der Waals surface area contributed by atoms with Gasteiger partial charge in [0.25, 0.3) is 10.0 Å². The Balaban J connectivity index is 2.09. The van der Waals surface area contributed by atoms with E-state index in [1.165, 1.54) is 37.3 Å². The second-order valence-electron chi connectivity index (χ2n) is 9.86. The van der Waals surface area contributed by atoms with Gasteiger partial charge in [-0.2, -0.15) is 0 Å². The highest BCUT2D eigenvalue weighted by Crippen LogP contribution is 2.32. The van der Waals surface area contributed by atoms with E-state index in [9.17, 15) is 18.0 Å². The fourth-order valence-corrected chi connectivity index (χ4v) is 6.32. The second kappa shape index (κ2) is 15.3. The zero-order valence-electron chi connectivity index (χ0n) is 24.8. The lowest BCUT2D eigenvalue weighted by atomic mass is 10.1. The highest BCUT2D eigenvalue weighted by Gasteiger charge is 2.34. The molecule has 9 nitrogen and oxygen atoms in total. The Labute approximate surface area is 263 Å². The van der Waals surface area contributed by atoms with E-state index >= 15 is 0 Å². The monoisotopic (exact) mass is 649 g/mol. The summed E-state index contributed by atoms with van der Waals surface area (Å²) >= 11 is 12.6. The third kappa shape index (κ3) is 8.34. The number of para-hydroxylation sites is 1. The van der Waals surface area contributed by atoms with Crippen LogP contribution in [0.3, 0.4) is 0 Å². The van der Waals surface area contributed by atoms with Crippen LogP contribution in [0, 0.1) is 0 Å². The van der Waals surface area contributed by atoms with E-state index in [0.29, 0.717) is 27.8 Å². The molecule has 0 aliphatic carbocycles. The molecule has 0 radical (unpaired) electrons. The van der Waals surface area contributed by atoms with Crippen molar-refractivity contribution >= 4 is 50.7 Å². The molecule has 2 atom stereocenters. The minimum absolute atomic E-state index is 0.0414. The molecule has 0 unspecified atom stereocenters. The van der Waals surface area contributed by atoms with Gasteiger partial charge in [-0.1, -0.05) is 61.3 Å². The Morgan fingerprint density at radius 2 is 1.58 bits per heavy atom. The van der Waals surface area contributed by atoms with Gasteiger partial charge >= 0.3 is 0 Å². The summed E-state index contributed by atoms with van der Waals surface area (Å²) in [6.07, 6.45) is 0.984. The number of amides is 2. The molecule has 0 aromatic heterocycles. The molecule has 43 heavy (non-hydrogen) atoms. The van der Waals surface area contributed by atoms with E-state index in [-0.39, 0.29) is 41.2 Å². The summed E-state index contributed by atoms with van der Waals surface area (Å²) in [7, 11) is -1.44. The first kappa shape index (κ1) is 34.0. The number of anilines is 1. The first-order valence-corrected chi connectivity index (χ1v) is 16.0. The largest absolute Gasteiger partial charge is 0.493 e. The van der Waals surface area contributed by atoms with E-state index in [2.05, 4.69) is 5.32 Å².